The highest BCUT2D eigenvalue weighted by atomic mass is 32.2. The summed E-state index contributed by atoms with van der Waals surface area (Å²) < 4.78 is 14.5. The Morgan fingerprint density at radius 3 is 2.29 bits per heavy atom. The van der Waals surface area contributed by atoms with Gasteiger partial charge in [-0.1, -0.05) is 39.0 Å². The molecule has 0 spiro atoms. The summed E-state index contributed by atoms with van der Waals surface area (Å²) in [6.45, 7) is 2.17. The minimum Gasteiger partial charge on any atom is -0.302 e. The Morgan fingerprint density at radius 2 is 1.71 bits per heavy atom. The lowest BCUT2D eigenvalue weighted by Gasteiger charge is -2.03. The molecule has 0 saturated carbocycles. The predicted octanol–water partition coefficient (Wildman–Crippen LogP) is 3.10. The molecular formula is C8H19O4PS. The summed E-state index contributed by atoms with van der Waals surface area (Å²) in [7, 11) is -4.27. The topological polar surface area (TPSA) is 66.8 Å². The van der Waals surface area contributed by atoms with Crippen LogP contribution >= 0.6 is 19.9 Å². The molecule has 4 nitrogen and oxygen atoms in total. The highest BCUT2D eigenvalue weighted by Gasteiger charge is 2.13. The Kier molecular flexibility index (Phi) is 9.03. The molecule has 0 rings (SSSR count). The first-order chi connectivity index (χ1) is 6.56. The third-order valence-corrected chi connectivity index (χ3v) is 3.38. The van der Waals surface area contributed by atoms with Crippen LogP contribution in [0, 0.1) is 0 Å². The Labute approximate surface area is 89.9 Å². The zero-order chi connectivity index (χ0) is 10.9. The molecule has 0 aliphatic carbocycles. The van der Waals surface area contributed by atoms with Crippen LogP contribution in [0.4, 0.5) is 0 Å². The van der Waals surface area contributed by atoms with Gasteiger partial charge in [-0.05, 0) is 6.42 Å². The standard InChI is InChI=1S/C8H19O4PS/c1-2-3-4-5-6-7-8-14-12-13(9,10)11/h2-8H2,1H3,(H2,9,10,11). The quantitative estimate of drug-likeness (QED) is 0.369. The molecule has 0 aliphatic heterocycles. The van der Waals surface area contributed by atoms with Crippen LogP contribution in [-0.2, 0) is 8.54 Å². The van der Waals surface area contributed by atoms with Crippen LogP contribution in [0.2, 0.25) is 0 Å². The van der Waals surface area contributed by atoms with Gasteiger partial charge in [0.25, 0.3) is 0 Å². The molecule has 2 N–H and O–H groups in total. The number of unbranched alkanes of at least 4 members (excludes halogenated alkanes) is 5. The number of hydrogen-bond donors (Lipinski definition) is 2. The fourth-order valence-electron chi connectivity index (χ4n) is 1.05. The van der Waals surface area contributed by atoms with Gasteiger partial charge < -0.3 is 9.79 Å². The van der Waals surface area contributed by atoms with Crippen molar-refractivity contribution in [1.29, 1.82) is 0 Å². The van der Waals surface area contributed by atoms with E-state index in [1.54, 1.807) is 0 Å². The molecule has 0 heterocycles. The van der Waals surface area contributed by atoms with Gasteiger partial charge in [-0.2, -0.15) is 0 Å². The second kappa shape index (κ2) is 8.74. The summed E-state index contributed by atoms with van der Waals surface area (Å²) in [5.41, 5.74) is 0. The minimum atomic E-state index is -4.27. The van der Waals surface area contributed by atoms with Gasteiger partial charge in [0.15, 0.2) is 0 Å². The maximum Gasteiger partial charge on any atom is 0.480 e. The van der Waals surface area contributed by atoms with Gasteiger partial charge in [0.2, 0.25) is 0 Å². The lowest BCUT2D eigenvalue weighted by molar-refractivity contribution is 0.298. The second-order valence-corrected chi connectivity index (χ2v) is 5.38. The van der Waals surface area contributed by atoms with Crippen LogP contribution < -0.4 is 0 Å². The summed E-state index contributed by atoms with van der Waals surface area (Å²) in [4.78, 5) is 16.7. The molecule has 0 aromatic heterocycles. The zero-order valence-electron chi connectivity index (χ0n) is 8.52. The summed E-state index contributed by atoms with van der Waals surface area (Å²) in [5.74, 6) is 0.650. The van der Waals surface area contributed by atoms with Gasteiger partial charge in [-0.15, -0.1) is 0 Å². The van der Waals surface area contributed by atoms with Gasteiger partial charge in [0, 0.05) is 17.8 Å². The van der Waals surface area contributed by atoms with Gasteiger partial charge in [0.05, 0.1) is 0 Å². The lowest BCUT2D eigenvalue weighted by Crippen LogP contribution is -1.84. The molecule has 0 radical (unpaired) electrons. The van der Waals surface area contributed by atoms with E-state index < -0.39 is 7.82 Å². The van der Waals surface area contributed by atoms with E-state index in [-0.39, 0.29) is 0 Å². The SMILES string of the molecule is CCCCCCCCSOP(=O)(O)O. The molecule has 0 unspecified atom stereocenters. The predicted molar refractivity (Wildman–Crippen MR) is 59.0 cm³/mol. The van der Waals surface area contributed by atoms with Gasteiger partial charge in [-0.3, -0.25) is 0 Å². The molecule has 0 saturated heterocycles. The van der Waals surface area contributed by atoms with Crippen molar-refractivity contribution in [3.8, 4) is 0 Å². The van der Waals surface area contributed by atoms with Gasteiger partial charge >= 0.3 is 7.82 Å². The van der Waals surface area contributed by atoms with Crippen LogP contribution in [0.1, 0.15) is 45.4 Å². The third-order valence-electron chi connectivity index (χ3n) is 1.73. The van der Waals surface area contributed by atoms with Crippen LogP contribution in [0.5, 0.6) is 0 Å². The molecule has 0 aromatic carbocycles. The average molecular weight is 242 g/mol. The molecule has 0 aromatic rings. The van der Waals surface area contributed by atoms with Gasteiger partial charge in [0.1, 0.15) is 0 Å². The van der Waals surface area contributed by atoms with E-state index in [2.05, 4.69) is 10.9 Å². The van der Waals surface area contributed by atoms with E-state index in [1.165, 1.54) is 25.7 Å². The monoisotopic (exact) mass is 242 g/mol. The summed E-state index contributed by atoms with van der Waals surface area (Å²) in [5, 5.41) is 0. The summed E-state index contributed by atoms with van der Waals surface area (Å²) in [6.07, 6.45) is 7.01. The minimum absolute atomic E-state index is 0.650. The van der Waals surface area contributed by atoms with Crippen LogP contribution in [0.3, 0.4) is 0 Å². The van der Waals surface area contributed by atoms with Crippen molar-refractivity contribution in [3.05, 3.63) is 0 Å². The van der Waals surface area contributed by atoms with E-state index in [9.17, 15) is 4.57 Å². The maximum atomic E-state index is 10.3. The van der Waals surface area contributed by atoms with Crippen molar-refractivity contribution >= 4 is 19.9 Å². The molecule has 6 heteroatoms. The van der Waals surface area contributed by atoms with Crippen molar-refractivity contribution in [3.63, 3.8) is 0 Å². The number of hydrogen-bond acceptors (Lipinski definition) is 3. The number of phosphoric acid groups is 1. The number of rotatable bonds is 9. The molecular weight excluding hydrogens is 223 g/mol. The van der Waals surface area contributed by atoms with Crippen molar-refractivity contribution in [2.45, 2.75) is 45.4 Å². The molecule has 0 bridgehead atoms. The van der Waals surface area contributed by atoms with Crippen molar-refractivity contribution in [2.75, 3.05) is 5.75 Å². The molecule has 0 aliphatic rings. The first-order valence-electron chi connectivity index (χ1n) is 4.93. The van der Waals surface area contributed by atoms with E-state index in [4.69, 9.17) is 9.79 Å². The lowest BCUT2D eigenvalue weighted by atomic mass is 10.1. The maximum absolute atomic E-state index is 10.3. The highest BCUT2D eigenvalue weighted by molar-refractivity contribution is 7.97. The largest absolute Gasteiger partial charge is 0.480 e. The normalized spacial score (nSPS) is 11.9. The first-order valence-corrected chi connectivity index (χ1v) is 7.37. The zero-order valence-corrected chi connectivity index (χ0v) is 10.2. The van der Waals surface area contributed by atoms with Crippen molar-refractivity contribution < 1.29 is 18.3 Å². The fraction of sp³-hybridized carbons (Fsp3) is 1.00. The summed E-state index contributed by atoms with van der Waals surface area (Å²) in [6, 6.07) is 0. The molecule has 0 fully saturated rings. The Morgan fingerprint density at radius 1 is 1.14 bits per heavy atom. The fourth-order valence-corrected chi connectivity index (χ4v) is 2.22. The average Bonchev–Trinajstić information content (AvgIpc) is 2.08. The van der Waals surface area contributed by atoms with E-state index in [0.29, 0.717) is 5.75 Å². The summed E-state index contributed by atoms with van der Waals surface area (Å²) >= 11 is 0.861. The van der Waals surface area contributed by atoms with E-state index in [1.807, 2.05) is 0 Å². The van der Waals surface area contributed by atoms with Crippen LogP contribution in [0.15, 0.2) is 0 Å². The molecule has 86 valence electrons. The smallest absolute Gasteiger partial charge is 0.302 e. The van der Waals surface area contributed by atoms with Crippen LogP contribution in [0.25, 0.3) is 0 Å². The second-order valence-electron chi connectivity index (χ2n) is 3.15. The third kappa shape index (κ3) is 12.5. The van der Waals surface area contributed by atoms with Crippen molar-refractivity contribution in [1.82, 2.24) is 0 Å². The Balaban J connectivity index is 3.03. The van der Waals surface area contributed by atoms with Crippen molar-refractivity contribution in [2.24, 2.45) is 0 Å². The van der Waals surface area contributed by atoms with E-state index >= 15 is 0 Å². The first kappa shape index (κ1) is 14.5. The molecule has 0 atom stereocenters. The van der Waals surface area contributed by atoms with Gasteiger partial charge in [-0.25, -0.2) is 8.54 Å². The van der Waals surface area contributed by atoms with Crippen LogP contribution in [-0.4, -0.2) is 15.5 Å². The Hall–Kier alpha value is 0.460. The molecule has 0 amide bonds. The highest BCUT2D eigenvalue weighted by Crippen LogP contribution is 2.40. The molecule has 14 heavy (non-hydrogen) atoms. The Bertz CT molecular complexity index is 171. The van der Waals surface area contributed by atoms with E-state index in [0.717, 1.165) is 24.9 Å².